The minimum absolute atomic E-state index is 0.191. The Hall–Kier alpha value is -4.65. The SMILES string of the molecule is COc1cc(CNC(=O)C=Cc2ccc(OCc3cccnc3)cc2)ccc1OCc1ccncc1. The van der Waals surface area contributed by atoms with Crippen molar-refractivity contribution in [1.82, 2.24) is 15.3 Å². The van der Waals surface area contributed by atoms with Crippen molar-refractivity contribution in [3.63, 3.8) is 0 Å². The lowest BCUT2D eigenvalue weighted by molar-refractivity contribution is -0.116. The second kappa shape index (κ2) is 12.7. The number of ether oxygens (including phenoxy) is 3. The second-order valence-electron chi connectivity index (χ2n) is 7.90. The number of pyridine rings is 2. The maximum atomic E-state index is 12.3. The van der Waals surface area contributed by atoms with Crippen LogP contribution < -0.4 is 19.5 Å². The molecule has 0 saturated carbocycles. The van der Waals surface area contributed by atoms with Crippen molar-refractivity contribution in [2.24, 2.45) is 0 Å². The van der Waals surface area contributed by atoms with E-state index in [4.69, 9.17) is 14.2 Å². The summed E-state index contributed by atoms with van der Waals surface area (Å²) in [6, 6.07) is 20.8. The summed E-state index contributed by atoms with van der Waals surface area (Å²) in [7, 11) is 1.59. The highest BCUT2D eigenvalue weighted by atomic mass is 16.5. The van der Waals surface area contributed by atoms with Gasteiger partial charge in [-0.3, -0.25) is 14.8 Å². The van der Waals surface area contributed by atoms with Crippen molar-refractivity contribution in [2.45, 2.75) is 19.8 Å². The molecule has 0 atom stereocenters. The van der Waals surface area contributed by atoms with E-state index in [0.29, 0.717) is 31.3 Å². The summed E-state index contributed by atoms with van der Waals surface area (Å²) in [6.45, 7) is 1.23. The molecule has 2 heterocycles. The molecule has 2 aromatic heterocycles. The van der Waals surface area contributed by atoms with Gasteiger partial charge in [0.05, 0.1) is 7.11 Å². The summed E-state index contributed by atoms with van der Waals surface area (Å²) in [4.78, 5) is 20.4. The zero-order chi connectivity index (χ0) is 25.0. The molecule has 4 rings (SSSR count). The molecule has 0 aliphatic rings. The van der Waals surface area contributed by atoms with E-state index in [0.717, 1.165) is 28.0 Å². The Morgan fingerprint density at radius 3 is 2.39 bits per heavy atom. The summed E-state index contributed by atoms with van der Waals surface area (Å²) in [5, 5.41) is 2.89. The first-order chi connectivity index (χ1) is 17.7. The lowest BCUT2D eigenvalue weighted by atomic mass is 10.2. The quantitative estimate of drug-likeness (QED) is 0.305. The number of nitrogens with zero attached hydrogens (tertiary/aromatic N) is 2. The van der Waals surface area contributed by atoms with Crippen LogP contribution in [0.4, 0.5) is 0 Å². The van der Waals surface area contributed by atoms with Gasteiger partial charge in [-0.1, -0.05) is 24.3 Å². The topological polar surface area (TPSA) is 82.6 Å². The lowest BCUT2D eigenvalue weighted by Crippen LogP contribution is -2.20. The van der Waals surface area contributed by atoms with Crippen LogP contribution in [0.2, 0.25) is 0 Å². The van der Waals surface area contributed by atoms with Crippen LogP contribution in [0.25, 0.3) is 6.08 Å². The third-order valence-corrected chi connectivity index (χ3v) is 5.27. The van der Waals surface area contributed by atoms with Gasteiger partial charge in [0.1, 0.15) is 19.0 Å². The van der Waals surface area contributed by atoms with E-state index in [2.05, 4.69) is 15.3 Å². The highest BCUT2D eigenvalue weighted by Gasteiger charge is 2.07. The van der Waals surface area contributed by atoms with Gasteiger partial charge in [-0.25, -0.2) is 0 Å². The van der Waals surface area contributed by atoms with Gasteiger partial charge in [0.15, 0.2) is 11.5 Å². The number of methoxy groups -OCH3 is 1. The maximum absolute atomic E-state index is 12.3. The Bertz CT molecular complexity index is 1280. The molecule has 0 unspecified atom stereocenters. The Kier molecular flexibility index (Phi) is 8.64. The van der Waals surface area contributed by atoms with Crippen molar-refractivity contribution < 1.29 is 19.0 Å². The number of aromatic nitrogens is 2. The summed E-state index contributed by atoms with van der Waals surface area (Å²) < 4.78 is 17.1. The molecule has 0 bridgehead atoms. The first-order valence-corrected chi connectivity index (χ1v) is 11.5. The molecule has 4 aromatic rings. The number of hydrogen-bond acceptors (Lipinski definition) is 6. The molecule has 36 heavy (non-hydrogen) atoms. The van der Waals surface area contributed by atoms with Gasteiger partial charge in [-0.05, 0) is 65.2 Å². The van der Waals surface area contributed by atoms with Crippen molar-refractivity contribution in [1.29, 1.82) is 0 Å². The third kappa shape index (κ3) is 7.43. The molecule has 7 heteroatoms. The van der Waals surface area contributed by atoms with Crippen molar-refractivity contribution in [3.05, 3.63) is 120 Å². The maximum Gasteiger partial charge on any atom is 0.244 e. The zero-order valence-electron chi connectivity index (χ0n) is 20.0. The zero-order valence-corrected chi connectivity index (χ0v) is 20.0. The molecule has 0 aliphatic carbocycles. The average molecular weight is 482 g/mol. The van der Waals surface area contributed by atoms with Crippen molar-refractivity contribution >= 4 is 12.0 Å². The molecule has 1 N–H and O–H groups in total. The first-order valence-electron chi connectivity index (χ1n) is 11.5. The van der Waals surface area contributed by atoms with Crippen LogP contribution in [0.1, 0.15) is 22.3 Å². The predicted octanol–water partition coefficient (Wildman–Crippen LogP) is 4.97. The van der Waals surface area contributed by atoms with Gasteiger partial charge in [-0.15, -0.1) is 0 Å². The van der Waals surface area contributed by atoms with Crippen LogP contribution in [0.3, 0.4) is 0 Å². The van der Waals surface area contributed by atoms with Gasteiger partial charge in [0.2, 0.25) is 5.91 Å². The van der Waals surface area contributed by atoms with Gasteiger partial charge in [0, 0.05) is 43.0 Å². The van der Waals surface area contributed by atoms with Gasteiger partial charge >= 0.3 is 0 Å². The van der Waals surface area contributed by atoms with Crippen LogP contribution in [0.5, 0.6) is 17.2 Å². The molecule has 2 aromatic carbocycles. The van der Waals surface area contributed by atoms with E-state index in [-0.39, 0.29) is 5.91 Å². The number of carbonyl (C=O) groups is 1. The van der Waals surface area contributed by atoms with Gasteiger partial charge in [-0.2, -0.15) is 0 Å². The van der Waals surface area contributed by atoms with Crippen LogP contribution in [0.15, 0.2) is 97.6 Å². The standard InChI is InChI=1S/C29H27N3O4/c1-34-28-17-24(6-10-27(28)36-20-23-12-15-30-16-13-23)19-32-29(33)11-7-22-4-8-26(9-5-22)35-21-25-3-2-14-31-18-25/h2-18H,19-21H2,1H3,(H,32,33). The number of rotatable bonds is 11. The molecule has 0 spiro atoms. The molecule has 7 nitrogen and oxygen atoms in total. The van der Waals surface area contributed by atoms with E-state index >= 15 is 0 Å². The van der Waals surface area contributed by atoms with E-state index in [1.165, 1.54) is 6.08 Å². The van der Waals surface area contributed by atoms with Gasteiger partial charge < -0.3 is 19.5 Å². The van der Waals surface area contributed by atoms with E-state index < -0.39 is 0 Å². The number of benzene rings is 2. The fraction of sp³-hybridized carbons (Fsp3) is 0.138. The van der Waals surface area contributed by atoms with Crippen LogP contribution in [0, 0.1) is 0 Å². The molecule has 0 saturated heterocycles. The Morgan fingerprint density at radius 1 is 0.833 bits per heavy atom. The highest BCUT2D eigenvalue weighted by molar-refractivity contribution is 5.91. The molecule has 182 valence electrons. The Labute approximate surface area is 210 Å². The van der Waals surface area contributed by atoms with Crippen molar-refractivity contribution in [2.75, 3.05) is 7.11 Å². The van der Waals surface area contributed by atoms with Crippen LogP contribution in [-0.2, 0) is 24.6 Å². The molecule has 1 amide bonds. The number of nitrogens with one attached hydrogen (secondary N) is 1. The average Bonchev–Trinajstić information content (AvgIpc) is 2.94. The minimum Gasteiger partial charge on any atom is -0.493 e. The summed E-state index contributed by atoms with van der Waals surface area (Å²) in [6.07, 6.45) is 10.2. The monoisotopic (exact) mass is 481 g/mol. The summed E-state index contributed by atoms with van der Waals surface area (Å²) >= 11 is 0. The fourth-order valence-corrected chi connectivity index (χ4v) is 3.33. The fourth-order valence-electron chi connectivity index (χ4n) is 3.33. The highest BCUT2D eigenvalue weighted by Crippen LogP contribution is 2.28. The van der Waals surface area contributed by atoms with Crippen LogP contribution >= 0.6 is 0 Å². The molecular formula is C29H27N3O4. The Morgan fingerprint density at radius 2 is 1.64 bits per heavy atom. The molecule has 0 fully saturated rings. The van der Waals surface area contributed by atoms with Crippen LogP contribution in [-0.4, -0.2) is 23.0 Å². The molecule has 0 radical (unpaired) electrons. The van der Waals surface area contributed by atoms with Gasteiger partial charge in [0.25, 0.3) is 0 Å². The minimum atomic E-state index is -0.191. The predicted molar refractivity (Wildman–Crippen MR) is 137 cm³/mol. The van der Waals surface area contributed by atoms with Crippen molar-refractivity contribution in [3.8, 4) is 17.2 Å². The number of carbonyl (C=O) groups excluding carboxylic acids is 1. The van der Waals surface area contributed by atoms with E-state index in [1.807, 2.05) is 66.7 Å². The first kappa shape index (κ1) is 24.5. The van der Waals surface area contributed by atoms with E-state index in [9.17, 15) is 4.79 Å². The lowest BCUT2D eigenvalue weighted by Gasteiger charge is -2.12. The number of amides is 1. The molecular weight excluding hydrogens is 454 g/mol. The third-order valence-electron chi connectivity index (χ3n) is 5.27. The second-order valence-corrected chi connectivity index (χ2v) is 7.90. The summed E-state index contributed by atoms with van der Waals surface area (Å²) in [5.74, 6) is 1.81. The smallest absolute Gasteiger partial charge is 0.244 e. The molecule has 0 aliphatic heterocycles. The summed E-state index contributed by atoms with van der Waals surface area (Å²) in [5.41, 5.74) is 3.82. The number of hydrogen-bond donors (Lipinski definition) is 1. The largest absolute Gasteiger partial charge is 0.493 e. The Balaban J connectivity index is 1.25. The van der Waals surface area contributed by atoms with E-state index in [1.54, 1.807) is 38.0 Å². The normalized spacial score (nSPS) is 10.7.